The molecule has 0 saturated carbocycles. The number of benzene rings is 2. The summed E-state index contributed by atoms with van der Waals surface area (Å²) >= 11 is 0. The van der Waals surface area contributed by atoms with Gasteiger partial charge in [-0.2, -0.15) is 18.3 Å². The lowest BCUT2D eigenvalue weighted by Crippen LogP contribution is -2.06. The molecule has 0 bridgehead atoms. The second kappa shape index (κ2) is 6.05. The second-order valence-corrected chi connectivity index (χ2v) is 6.11. The minimum atomic E-state index is -4.33. The van der Waals surface area contributed by atoms with Crippen LogP contribution in [0, 0.1) is 6.92 Å². The quantitative estimate of drug-likeness (QED) is 0.473. The van der Waals surface area contributed by atoms with Crippen molar-refractivity contribution in [3.63, 3.8) is 0 Å². The Bertz CT molecular complexity index is 1060. The minimum Gasteiger partial charge on any atom is -0.469 e. The van der Waals surface area contributed by atoms with Crippen LogP contribution in [0.4, 0.5) is 13.2 Å². The topological polar surface area (TPSA) is 31.0 Å². The number of hydrogen-bond donors (Lipinski definition) is 0. The molecule has 0 radical (unpaired) electrons. The van der Waals surface area contributed by atoms with Crippen molar-refractivity contribution in [1.82, 2.24) is 9.78 Å². The Labute approximate surface area is 147 Å². The molecular weight excluding hydrogens is 341 g/mol. The number of alkyl halides is 3. The van der Waals surface area contributed by atoms with Gasteiger partial charge in [0, 0.05) is 10.9 Å². The molecule has 2 aromatic heterocycles. The van der Waals surface area contributed by atoms with Crippen LogP contribution in [0.25, 0.3) is 22.2 Å². The molecule has 26 heavy (non-hydrogen) atoms. The van der Waals surface area contributed by atoms with Crippen molar-refractivity contribution in [3.05, 3.63) is 77.7 Å². The fraction of sp³-hybridized carbons (Fsp3) is 0.150. The van der Waals surface area contributed by atoms with Crippen molar-refractivity contribution in [3.8, 4) is 11.3 Å². The molecule has 0 N–H and O–H groups in total. The predicted octanol–water partition coefficient (Wildman–Crippen LogP) is 5.67. The number of hydrogen-bond acceptors (Lipinski definition) is 2. The molecule has 4 rings (SSSR count). The summed E-state index contributed by atoms with van der Waals surface area (Å²) in [5.41, 5.74) is 2.73. The first kappa shape index (κ1) is 16.4. The maximum Gasteiger partial charge on any atom is 0.416 e. The van der Waals surface area contributed by atoms with Gasteiger partial charge in [0.2, 0.25) is 0 Å². The van der Waals surface area contributed by atoms with E-state index in [1.165, 1.54) is 12.1 Å². The van der Waals surface area contributed by atoms with Gasteiger partial charge in [0.25, 0.3) is 0 Å². The predicted molar refractivity (Wildman–Crippen MR) is 92.7 cm³/mol. The summed E-state index contributed by atoms with van der Waals surface area (Å²) in [5, 5.41) is 5.67. The molecule has 0 fully saturated rings. The molecule has 0 atom stereocenters. The Morgan fingerprint density at radius 2 is 1.73 bits per heavy atom. The van der Waals surface area contributed by atoms with E-state index in [0.29, 0.717) is 6.54 Å². The number of para-hydroxylation sites is 1. The van der Waals surface area contributed by atoms with Gasteiger partial charge in [-0.05, 0) is 36.8 Å². The summed E-state index contributed by atoms with van der Waals surface area (Å²) in [6, 6.07) is 14.8. The lowest BCUT2D eigenvalue weighted by atomic mass is 10.1. The number of aryl methyl sites for hydroxylation is 1. The number of furan rings is 1. The molecule has 4 aromatic rings. The zero-order valence-corrected chi connectivity index (χ0v) is 13.9. The van der Waals surface area contributed by atoms with Crippen LogP contribution in [-0.4, -0.2) is 9.78 Å². The first-order valence-electron chi connectivity index (χ1n) is 8.09. The van der Waals surface area contributed by atoms with Crippen molar-refractivity contribution in [1.29, 1.82) is 0 Å². The summed E-state index contributed by atoms with van der Waals surface area (Å²) in [6.45, 7) is 2.26. The molecule has 3 nitrogen and oxygen atoms in total. The summed E-state index contributed by atoms with van der Waals surface area (Å²) in [5.74, 6) is 0.773. The molecule has 0 aliphatic carbocycles. The van der Waals surface area contributed by atoms with Crippen molar-refractivity contribution in [2.24, 2.45) is 0 Å². The van der Waals surface area contributed by atoms with Gasteiger partial charge in [0.05, 0.1) is 23.9 Å². The lowest BCUT2D eigenvalue weighted by molar-refractivity contribution is -0.137. The molecule has 0 amide bonds. The van der Waals surface area contributed by atoms with Crippen molar-refractivity contribution >= 4 is 10.9 Å². The van der Waals surface area contributed by atoms with Crippen molar-refractivity contribution < 1.29 is 17.6 Å². The Balaban J connectivity index is 1.75. The van der Waals surface area contributed by atoms with E-state index < -0.39 is 11.7 Å². The highest BCUT2D eigenvalue weighted by molar-refractivity contribution is 5.93. The van der Waals surface area contributed by atoms with E-state index >= 15 is 0 Å². The highest BCUT2D eigenvalue weighted by Crippen LogP contribution is 2.32. The normalized spacial score (nSPS) is 12.0. The third-order valence-electron chi connectivity index (χ3n) is 4.39. The van der Waals surface area contributed by atoms with Gasteiger partial charge in [0.1, 0.15) is 11.5 Å². The van der Waals surface area contributed by atoms with E-state index in [1.807, 2.05) is 37.3 Å². The van der Waals surface area contributed by atoms with Gasteiger partial charge < -0.3 is 4.42 Å². The molecule has 0 saturated heterocycles. The summed E-state index contributed by atoms with van der Waals surface area (Å²) < 4.78 is 45.4. The molecule has 132 valence electrons. The molecule has 2 heterocycles. The van der Waals surface area contributed by atoms with Gasteiger partial charge >= 0.3 is 6.18 Å². The van der Waals surface area contributed by atoms with Crippen LogP contribution in [0.5, 0.6) is 0 Å². The lowest BCUT2D eigenvalue weighted by Gasteiger charge is -2.08. The SMILES string of the molecule is Cc1occc1-c1nn(Cc2ccc(C(F)(F)F)cc2)c2ccccc12. The van der Waals surface area contributed by atoms with E-state index in [9.17, 15) is 13.2 Å². The Morgan fingerprint density at radius 1 is 1.00 bits per heavy atom. The molecular formula is C20H15F3N2O. The van der Waals surface area contributed by atoms with Gasteiger partial charge in [0.15, 0.2) is 0 Å². The Hall–Kier alpha value is -3.02. The number of aromatic nitrogens is 2. The van der Waals surface area contributed by atoms with Crippen LogP contribution in [-0.2, 0) is 12.7 Å². The average molecular weight is 356 g/mol. The second-order valence-electron chi connectivity index (χ2n) is 6.11. The van der Waals surface area contributed by atoms with Crippen molar-refractivity contribution in [2.75, 3.05) is 0 Å². The summed E-state index contributed by atoms with van der Waals surface area (Å²) in [4.78, 5) is 0. The zero-order valence-electron chi connectivity index (χ0n) is 13.9. The van der Waals surface area contributed by atoms with E-state index in [1.54, 1.807) is 10.9 Å². The maximum absolute atomic E-state index is 12.7. The monoisotopic (exact) mass is 356 g/mol. The van der Waals surface area contributed by atoms with Crippen LogP contribution in [0.15, 0.2) is 65.3 Å². The van der Waals surface area contributed by atoms with Crippen LogP contribution in [0.2, 0.25) is 0 Å². The van der Waals surface area contributed by atoms with Gasteiger partial charge in [-0.25, -0.2) is 0 Å². The number of fused-ring (bicyclic) bond motifs is 1. The van der Waals surface area contributed by atoms with E-state index in [0.717, 1.165) is 45.6 Å². The molecule has 0 aliphatic heterocycles. The first-order valence-corrected chi connectivity index (χ1v) is 8.09. The Morgan fingerprint density at radius 3 is 2.38 bits per heavy atom. The fourth-order valence-corrected chi connectivity index (χ4v) is 3.05. The van der Waals surface area contributed by atoms with E-state index in [-0.39, 0.29) is 0 Å². The number of rotatable bonds is 3. The third-order valence-corrected chi connectivity index (χ3v) is 4.39. The van der Waals surface area contributed by atoms with Gasteiger partial charge in [-0.1, -0.05) is 30.3 Å². The van der Waals surface area contributed by atoms with Crippen LogP contribution < -0.4 is 0 Å². The standard InChI is InChI=1S/C20H15F3N2O/c1-13-16(10-11-26-13)19-17-4-2-3-5-18(17)25(24-19)12-14-6-8-15(9-7-14)20(21,22)23/h2-11H,12H2,1H3. The largest absolute Gasteiger partial charge is 0.469 e. The third kappa shape index (κ3) is 2.87. The average Bonchev–Trinajstić information content (AvgIpc) is 3.18. The molecule has 2 aromatic carbocycles. The molecule has 0 aliphatic rings. The smallest absolute Gasteiger partial charge is 0.416 e. The zero-order chi connectivity index (χ0) is 18.3. The summed E-state index contributed by atoms with van der Waals surface area (Å²) in [7, 11) is 0. The molecule has 0 spiro atoms. The first-order chi connectivity index (χ1) is 12.4. The molecule has 0 unspecified atom stereocenters. The van der Waals surface area contributed by atoms with Gasteiger partial charge in [-0.3, -0.25) is 4.68 Å². The molecule has 6 heteroatoms. The Kier molecular flexibility index (Phi) is 3.83. The highest BCUT2D eigenvalue weighted by atomic mass is 19.4. The highest BCUT2D eigenvalue weighted by Gasteiger charge is 2.30. The fourth-order valence-electron chi connectivity index (χ4n) is 3.05. The van der Waals surface area contributed by atoms with Gasteiger partial charge in [-0.15, -0.1) is 0 Å². The number of halogens is 3. The van der Waals surface area contributed by atoms with Crippen LogP contribution >= 0.6 is 0 Å². The van der Waals surface area contributed by atoms with E-state index in [4.69, 9.17) is 9.52 Å². The van der Waals surface area contributed by atoms with Crippen molar-refractivity contribution in [2.45, 2.75) is 19.6 Å². The summed E-state index contributed by atoms with van der Waals surface area (Å²) in [6.07, 6.45) is -2.71. The van der Waals surface area contributed by atoms with Crippen LogP contribution in [0.3, 0.4) is 0 Å². The van der Waals surface area contributed by atoms with Crippen LogP contribution in [0.1, 0.15) is 16.9 Å². The van der Waals surface area contributed by atoms with E-state index in [2.05, 4.69) is 0 Å². The maximum atomic E-state index is 12.7. The number of nitrogens with zero attached hydrogens (tertiary/aromatic N) is 2. The minimum absolute atomic E-state index is 0.384.